The summed E-state index contributed by atoms with van der Waals surface area (Å²) in [6, 6.07) is 8.48. The summed E-state index contributed by atoms with van der Waals surface area (Å²) in [5, 5.41) is 3.38. The first-order valence-electron chi connectivity index (χ1n) is 7.44. The van der Waals surface area contributed by atoms with Gasteiger partial charge in [0, 0.05) is 18.0 Å². The Hall–Kier alpha value is -1.94. The van der Waals surface area contributed by atoms with E-state index in [0.29, 0.717) is 25.8 Å². The third-order valence-electron chi connectivity index (χ3n) is 3.47. The summed E-state index contributed by atoms with van der Waals surface area (Å²) in [6.45, 7) is 6.37. The zero-order valence-electron chi connectivity index (χ0n) is 12.5. The van der Waals surface area contributed by atoms with Gasteiger partial charge in [-0.1, -0.05) is 19.9 Å². The third-order valence-corrected chi connectivity index (χ3v) is 3.47. The molecule has 0 amide bonds. The predicted octanol–water partition coefficient (Wildman–Crippen LogP) is 3.61. The van der Waals surface area contributed by atoms with Crippen LogP contribution < -0.4 is 14.8 Å². The van der Waals surface area contributed by atoms with E-state index in [9.17, 15) is 0 Å². The molecule has 0 saturated heterocycles. The third kappa shape index (κ3) is 3.22. The van der Waals surface area contributed by atoms with Crippen LogP contribution in [0.5, 0.6) is 11.5 Å². The van der Waals surface area contributed by atoms with Crippen molar-refractivity contribution in [1.82, 2.24) is 5.32 Å². The molecule has 3 rings (SSSR count). The smallest absolute Gasteiger partial charge is 0.161 e. The zero-order chi connectivity index (χ0) is 14.7. The summed E-state index contributed by atoms with van der Waals surface area (Å²) in [5.74, 6) is 2.58. The summed E-state index contributed by atoms with van der Waals surface area (Å²) in [4.78, 5) is 0. The number of furan rings is 1. The first kappa shape index (κ1) is 14.0. The molecule has 0 spiro atoms. The molecule has 4 heteroatoms. The van der Waals surface area contributed by atoms with Gasteiger partial charge in [0.05, 0.1) is 26.0 Å². The highest BCUT2D eigenvalue weighted by atomic mass is 16.5. The summed E-state index contributed by atoms with van der Waals surface area (Å²) >= 11 is 0. The van der Waals surface area contributed by atoms with Crippen LogP contribution in [-0.2, 0) is 6.54 Å². The number of ether oxygens (including phenoxy) is 2. The average molecular weight is 287 g/mol. The quantitative estimate of drug-likeness (QED) is 0.933. The second-order valence-corrected chi connectivity index (χ2v) is 5.51. The van der Waals surface area contributed by atoms with E-state index >= 15 is 0 Å². The molecule has 0 radical (unpaired) electrons. The molecule has 0 saturated carbocycles. The lowest BCUT2D eigenvalue weighted by atomic mass is 10.1. The maximum atomic E-state index is 5.75. The van der Waals surface area contributed by atoms with Gasteiger partial charge in [-0.25, -0.2) is 0 Å². The van der Waals surface area contributed by atoms with Gasteiger partial charge >= 0.3 is 0 Å². The average Bonchev–Trinajstić information content (AvgIpc) is 2.82. The van der Waals surface area contributed by atoms with Crippen molar-refractivity contribution in [3.05, 3.63) is 36.3 Å². The molecule has 21 heavy (non-hydrogen) atoms. The Morgan fingerprint density at radius 3 is 2.71 bits per heavy atom. The molecule has 2 heterocycles. The Morgan fingerprint density at radius 1 is 1.10 bits per heavy atom. The Balaban J connectivity index is 1.87. The monoisotopic (exact) mass is 287 g/mol. The molecule has 1 aromatic heterocycles. The van der Waals surface area contributed by atoms with E-state index in [1.165, 1.54) is 0 Å². The van der Waals surface area contributed by atoms with Crippen LogP contribution in [0.4, 0.5) is 0 Å². The van der Waals surface area contributed by atoms with Crippen molar-refractivity contribution in [1.29, 1.82) is 0 Å². The largest absolute Gasteiger partial charge is 0.490 e. The summed E-state index contributed by atoms with van der Waals surface area (Å²) < 4.78 is 17.0. The van der Waals surface area contributed by atoms with E-state index in [-0.39, 0.29) is 0 Å². The normalized spacial score (nSPS) is 14.2. The molecular formula is C17H21NO3. The second kappa shape index (κ2) is 6.22. The van der Waals surface area contributed by atoms with Crippen LogP contribution in [0.1, 0.15) is 26.0 Å². The van der Waals surface area contributed by atoms with Gasteiger partial charge in [-0.15, -0.1) is 0 Å². The molecule has 0 fully saturated rings. The van der Waals surface area contributed by atoms with Crippen LogP contribution in [0, 0.1) is 0 Å². The fourth-order valence-electron chi connectivity index (χ4n) is 2.36. The predicted molar refractivity (Wildman–Crippen MR) is 81.7 cm³/mol. The van der Waals surface area contributed by atoms with Crippen molar-refractivity contribution in [3.63, 3.8) is 0 Å². The van der Waals surface area contributed by atoms with Crippen molar-refractivity contribution in [3.8, 4) is 22.6 Å². The van der Waals surface area contributed by atoms with Crippen LogP contribution in [-0.4, -0.2) is 19.3 Å². The van der Waals surface area contributed by atoms with E-state index in [1.807, 2.05) is 18.2 Å². The first-order chi connectivity index (χ1) is 10.2. The first-order valence-corrected chi connectivity index (χ1v) is 7.44. The molecule has 112 valence electrons. The van der Waals surface area contributed by atoms with Gasteiger partial charge in [-0.3, -0.25) is 0 Å². The lowest BCUT2D eigenvalue weighted by Crippen LogP contribution is -2.21. The van der Waals surface area contributed by atoms with E-state index in [0.717, 1.165) is 34.8 Å². The minimum atomic E-state index is 0.423. The van der Waals surface area contributed by atoms with E-state index in [4.69, 9.17) is 13.9 Å². The van der Waals surface area contributed by atoms with Gasteiger partial charge < -0.3 is 19.2 Å². The topological polar surface area (TPSA) is 43.6 Å². The molecular weight excluding hydrogens is 266 g/mol. The maximum Gasteiger partial charge on any atom is 0.161 e. The van der Waals surface area contributed by atoms with Gasteiger partial charge in [-0.2, -0.15) is 0 Å². The number of hydrogen-bond acceptors (Lipinski definition) is 4. The van der Waals surface area contributed by atoms with Crippen molar-refractivity contribution in [2.75, 3.05) is 13.2 Å². The Morgan fingerprint density at radius 2 is 1.90 bits per heavy atom. The van der Waals surface area contributed by atoms with Crippen LogP contribution in [0.3, 0.4) is 0 Å². The SMILES string of the molecule is CC(C)NCc1occc1-c1ccc2c(c1)OCCCO2. The van der Waals surface area contributed by atoms with Gasteiger partial charge in [0.15, 0.2) is 11.5 Å². The molecule has 4 nitrogen and oxygen atoms in total. The minimum Gasteiger partial charge on any atom is -0.490 e. The number of hydrogen-bond donors (Lipinski definition) is 1. The Bertz CT molecular complexity index is 604. The fourth-order valence-corrected chi connectivity index (χ4v) is 2.36. The zero-order valence-corrected chi connectivity index (χ0v) is 12.5. The molecule has 1 aliphatic rings. The van der Waals surface area contributed by atoms with Crippen molar-refractivity contribution in [2.24, 2.45) is 0 Å². The van der Waals surface area contributed by atoms with Gasteiger partial charge in [0.1, 0.15) is 5.76 Å². The van der Waals surface area contributed by atoms with Gasteiger partial charge in [0.2, 0.25) is 0 Å². The van der Waals surface area contributed by atoms with Crippen molar-refractivity contribution < 1.29 is 13.9 Å². The molecule has 1 aliphatic heterocycles. The van der Waals surface area contributed by atoms with Crippen LogP contribution in [0.25, 0.3) is 11.1 Å². The summed E-state index contributed by atoms with van der Waals surface area (Å²) in [5.41, 5.74) is 2.19. The Labute approximate surface area is 125 Å². The fraction of sp³-hybridized carbons (Fsp3) is 0.412. The molecule has 0 aliphatic carbocycles. The summed E-state index contributed by atoms with van der Waals surface area (Å²) in [6.07, 6.45) is 2.65. The van der Waals surface area contributed by atoms with E-state index in [2.05, 4.69) is 25.2 Å². The highest BCUT2D eigenvalue weighted by Crippen LogP contribution is 2.35. The highest BCUT2D eigenvalue weighted by molar-refractivity contribution is 5.68. The maximum absolute atomic E-state index is 5.75. The van der Waals surface area contributed by atoms with Crippen LogP contribution >= 0.6 is 0 Å². The standard InChI is InChI=1S/C17H21NO3/c1-12(2)18-11-17-14(6-9-21-17)13-4-5-15-16(10-13)20-8-3-7-19-15/h4-6,9-10,12,18H,3,7-8,11H2,1-2H3. The molecule has 0 unspecified atom stereocenters. The summed E-state index contributed by atoms with van der Waals surface area (Å²) in [7, 11) is 0. The number of rotatable bonds is 4. The van der Waals surface area contributed by atoms with Gasteiger partial charge in [0.25, 0.3) is 0 Å². The number of fused-ring (bicyclic) bond motifs is 1. The van der Waals surface area contributed by atoms with Gasteiger partial charge in [-0.05, 0) is 23.8 Å². The second-order valence-electron chi connectivity index (χ2n) is 5.51. The highest BCUT2D eigenvalue weighted by Gasteiger charge is 2.14. The molecule has 1 N–H and O–H groups in total. The van der Waals surface area contributed by atoms with Crippen LogP contribution in [0.15, 0.2) is 34.9 Å². The lowest BCUT2D eigenvalue weighted by molar-refractivity contribution is 0.297. The van der Waals surface area contributed by atoms with Crippen molar-refractivity contribution >= 4 is 0 Å². The lowest BCUT2D eigenvalue weighted by Gasteiger charge is -2.11. The number of benzene rings is 1. The van der Waals surface area contributed by atoms with E-state index in [1.54, 1.807) is 6.26 Å². The molecule has 0 bridgehead atoms. The van der Waals surface area contributed by atoms with Crippen LogP contribution in [0.2, 0.25) is 0 Å². The molecule has 2 aromatic rings. The molecule has 1 aromatic carbocycles. The molecule has 0 atom stereocenters. The van der Waals surface area contributed by atoms with E-state index < -0.39 is 0 Å². The van der Waals surface area contributed by atoms with Crippen molar-refractivity contribution in [2.45, 2.75) is 32.9 Å². The Kier molecular flexibility index (Phi) is 4.15. The number of nitrogens with one attached hydrogen (secondary N) is 1. The minimum absolute atomic E-state index is 0.423.